The molecule has 0 saturated carbocycles. The van der Waals surface area contributed by atoms with Crippen molar-refractivity contribution in [2.24, 2.45) is 0 Å². The summed E-state index contributed by atoms with van der Waals surface area (Å²) in [5.41, 5.74) is 0.323. The number of nitrogens with zero attached hydrogens (tertiary/aromatic N) is 1. The van der Waals surface area contributed by atoms with E-state index in [1.54, 1.807) is 0 Å². The highest BCUT2D eigenvalue weighted by atomic mass is 32.2. The average Bonchev–Trinajstić information content (AvgIpc) is 2.36. The van der Waals surface area contributed by atoms with Gasteiger partial charge >= 0.3 is 0 Å². The van der Waals surface area contributed by atoms with Crippen molar-refractivity contribution in [2.75, 3.05) is 32.1 Å². The normalized spacial score (nSPS) is 15.2. The second-order valence-corrected chi connectivity index (χ2v) is 7.53. The number of aldehydes is 1. The molecule has 0 heterocycles. The lowest BCUT2D eigenvalue weighted by atomic mass is 9.83. The van der Waals surface area contributed by atoms with E-state index in [2.05, 4.69) is 0 Å². The van der Waals surface area contributed by atoms with E-state index in [0.29, 0.717) is 13.1 Å². The highest BCUT2D eigenvalue weighted by molar-refractivity contribution is 7.90. The van der Waals surface area contributed by atoms with E-state index in [4.69, 9.17) is 0 Å². The minimum Gasteiger partial charge on any atom is -0.304 e. The van der Waals surface area contributed by atoms with Crippen LogP contribution in [0.15, 0.2) is 30.3 Å². The zero-order valence-corrected chi connectivity index (χ0v) is 12.5. The summed E-state index contributed by atoms with van der Waals surface area (Å²) >= 11 is 0. The predicted octanol–water partition coefficient (Wildman–Crippen LogP) is 1.12. The lowest BCUT2D eigenvalue weighted by molar-refractivity contribution is -0.112. The van der Waals surface area contributed by atoms with Crippen molar-refractivity contribution in [3.8, 4) is 0 Å². The molecular weight excluding hydrogens is 262 g/mol. The van der Waals surface area contributed by atoms with Gasteiger partial charge in [-0.3, -0.25) is 0 Å². The van der Waals surface area contributed by atoms with E-state index in [9.17, 15) is 13.2 Å². The Hall–Kier alpha value is -1.20. The molecule has 0 aromatic heterocycles. The van der Waals surface area contributed by atoms with Gasteiger partial charge in [0.1, 0.15) is 16.1 Å². The van der Waals surface area contributed by atoms with Crippen LogP contribution in [0.4, 0.5) is 0 Å². The minimum atomic E-state index is -2.98. The summed E-state index contributed by atoms with van der Waals surface area (Å²) < 4.78 is 22.3. The van der Waals surface area contributed by atoms with Crippen LogP contribution in [-0.2, 0) is 20.0 Å². The maximum Gasteiger partial charge on any atom is 0.148 e. The molecule has 4 nitrogen and oxygen atoms in total. The van der Waals surface area contributed by atoms with Gasteiger partial charge in [-0.1, -0.05) is 30.3 Å². The lowest BCUT2D eigenvalue weighted by Gasteiger charge is -2.29. The van der Waals surface area contributed by atoms with Crippen molar-refractivity contribution in [1.29, 1.82) is 0 Å². The molecule has 0 bridgehead atoms. The molecule has 1 rings (SSSR count). The van der Waals surface area contributed by atoms with Gasteiger partial charge in [0.25, 0.3) is 0 Å². The number of benzene rings is 1. The van der Waals surface area contributed by atoms with Crippen LogP contribution in [0.2, 0.25) is 0 Å². The van der Waals surface area contributed by atoms with Crippen molar-refractivity contribution in [2.45, 2.75) is 12.3 Å². The number of carbonyl (C=O) groups is 1. The number of sulfone groups is 1. The number of carbonyl (C=O) groups excluding carboxylic acids is 1. The summed E-state index contributed by atoms with van der Waals surface area (Å²) in [6.07, 6.45) is 2.15. The molecule has 1 aromatic rings. The van der Waals surface area contributed by atoms with Gasteiger partial charge in [0.2, 0.25) is 0 Å². The summed E-state index contributed by atoms with van der Waals surface area (Å²) in [5, 5.41) is 0. The van der Waals surface area contributed by atoms with Crippen LogP contribution >= 0.6 is 0 Å². The molecule has 1 unspecified atom stereocenters. The largest absolute Gasteiger partial charge is 0.304 e. The number of hydrogen-bond acceptors (Lipinski definition) is 4. The van der Waals surface area contributed by atoms with Crippen LogP contribution < -0.4 is 0 Å². The second kappa shape index (κ2) is 6.30. The number of rotatable bonds is 7. The molecular formula is C14H21NO3S. The van der Waals surface area contributed by atoms with Crippen LogP contribution in [0.5, 0.6) is 0 Å². The lowest BCUT2D eigenvalue weighted by Crippen LogP contribution is -2.40. The van der Waals surface area contributed by atoms with E-state index >= 15 is 0 Å². The Morgan fingerprint density at radius 3 is 2.32 bits per heavy atom. The molecule has 19 heavy (non-hydrogen) atoms. The third-order valence-electron chi connectivity index (χ3n) is 3.14. The highest BCUT2D eigenvalue weighted by Gasteiger charge is 2.27. The van der Waals surface area contributed by atoms with Gasteiger partial charge in [-0.25, -0.2) is 8.42 Å². The fraction of sp³-hybridized carbons (Fsp3) is 0.500. The van der Waals surface area contributed by atoms with Crippen molar-refractivity contribution >= 4 is 16.1 Å². The molecule has 0 aliphatic carbocycles. The first-order chi connectivity index (χ1) is 8.77. The Labute approximate surface area is 115 Å². The molecule has 1 aromatic carbocycles. The van der Waals surface area contributed by atoms with Crippen LogP contribution in [-0.4, -0.2) is 51.7 Å². The Morgan fingerprint density at radius 1 is 1.26 bits per heavy atom. The molecule has 0 aliphatic rings. The minimum absolute atomic E-state index is 0.104. The fourth-order valence-corrected chi connectivity index (χ4v) is 2.62. The van der Waals surface area contributed by atoms with E-state index in [1.165, 1.54) is 6.26 Å². The first-order valence-electron chi connectivity index (χ1n) is 6.15. The SMILES string of the molecule is CN(CCS(C)(=O)=O)CC(C)(C=O)c1ccccc1. The Kier molecular flexibility index (Phi) is 5.26. The molecule has 0 fully saturated rings. The van der Waals surface area contributed by atoms with Crippen LogP contribution in [0.25, 0.3) is 0 Å². The first-order valence-corrected chi connectivity index (χ1v) is 8.21. The molecule has 0 radical (unpaired) electrons. The fourth-order valence-electron chi connectivity index (χ4n) is 1.98. The maximum atomic E-state index is 11.4. The topological polar surface area (TPSA) is 54.5 Å². The van der Waals surface area contributed by atoms with Gasteiger partial charge < -0.3 is 9.69 Å². The van der Waals surface area contributed by atoms with Crippen molar-refractivity contribution in [1.82, 2.24) is 4.90 Å². The van der Waals surface area contributed by atoms with Gasteiger partial charge in [-0.15, -0.1) is 0 Å². The van der Waals surface area contributed by atoms with Crippen molar-refractivity contribution in [3.63, 3.8) is 0 Å². The summed E-state index contributed by atoms with van der Waals surface area (Å²) in [6, 6.07) is 9.53. The average molecular weight is 283 g/mol. The zero-order chi connectivity index (χ0) is 14.5. The molecule has 0 aliphatic heterocycles. The third kappa shape index (κ3) is 5.12. The molecule has 5 heteroatoms. The van der Waals surface area contributed by atoms with Crippen molar-refractivity contribution < 1.29 is 13.2 Å². The zero-order valence-electron chi connectivity index (χ0n) is 11.7. The number of likely N-dealkylation sites (N-methyl/N-ethyl adjacent to an activating group) is 1. The standard InChI is InChI=1S/C14H21NO3S/c1-14(12-16,13-7-5-4-6-8-13)11-15(2)9-10-19(3,17)18/h4-8,12H,9-11H2,1-3H3. The van der Waals surface area contributed by atoms with Crippen LogP contribution in [0.3, 0.4) is 0 Å². The van der Waals surface area contributed by atoms with E-state index in [1.807, 2.05) is 49.2 Å². The van der Waals surface area contributed by atoms with E-state index in [-0.39, 0.29) is 5.75 Å². The quantitative estimate of drug-likeness (QED) is 0.704. The number of hydrogen-bond donors (Lipinski definition) is 0. The molecule has 0 N–H and O–H groups in total. The molecule has 0 amide bonds. The van der Waals surface area contributed by atoms with Gasteiger partial charge in [0.15, 0.2) is 0 Å². The smallest absolute Gasteiger partial charge is 0.148 e. The summed E-state index contributed by atoms with van der Waals surface area (Å²) in [7, 11) is -1.15. The second-order valence-electron chi connectivity index (χ2n) is 5.27. The summed E-state index contributed by atoms with van der Waals surface area (Å²) in [4.78, 5) is 13.3. The monoisotopic (exact) mass is 283 g/mol. The van der Waals surface area contributed by atoms with Crippen LogP contribution in [0.1, 0.15) is 12.5 Å². The Morgan fingerprint density at radius 2 is 1.84 bits per heavy atom. The highest BCUT2D eigenvalue weighted by Crippen LogP contribution is 2.22. The molecule has 0 saturated heterocycles. The molecule has 1 atom stereocenters. The van der Waals surface area contributed by atoms with Gasteiger partial charge in [0.05, 0.1) is 11.2 Å². The van der Waals surface area contributed by atoms with Gasteiger partial charge in [0, 0.05) is 19.3 Å². The molecule has 106 valence electrons. The van der Waals surface area contributed by atoms with E-state index < -0.39 is 15.3 Å². The summed E-state index contributed by atoms with van der Waals surface area (Å²) in [5.74, 6) is 0.104. The Balaban J connectivity index is 2.74. The van der Waals surface area contributed by atoms with Gasteiger partial charge in [-0.2, -0.15) is 0 Å². The molecule has 0 spiro atoms. The Bertz CT molecular complexity index is 513. The third-order valence-corrected chi connectivity index (χ3v) is 4.06. The predicted molar refractivity (Wildman–Crippen MR) is 77.1 cm³/mol. The van der Waals surface area contributed by atoms with Crippen LogP contribution in [0, 0.1) is 0 Å². The van der Waals surface area contributed by atoms with Gasteiger partial charge in [-0.05, 0) is 19.5 Å². The summed E-state index contributed by atoms with van der Waals surface area (Å²) in [6.45, 7) is 2.79. The van der Waals surface area contributed by atoms with Crippen molar-refractivity contribution in [3.05, 3.63) is 35.9 Å². The first kappa shape index (κ1) is 15.9. The maximum absolute atomic E-state index is 11.4. The van der Waals surface area contributed by atoms with E-state index in [0.717, 1.165) is 11.8 Å².